The predicted molar refractivity (Wildman–Crippen MR) is 175 cm³/mol. The number of benzene rings is 4. The number of amides is 2. The van der Waals surface area contributed by atoms with Gasteiger partial charge in [-0.3, -0.25) is 9.59 Å². The lowest BCUT2D eigenvalue weighted by Crippen LogP contribution is -2.32. The summed E-state index contributed by atoms with van der Waals surface area (Å²) < 4.78 is 12.1. The van der Waals surface area contributed by atoms with Gasteiger partial charge in [-0.2, -0.15) is 5.10 Å². The largest absolute Gasteiger partial charge is 0.490 e. The van der Waals surface area contributed by atoms with E-state index in [1.165, 1.54) is 6.21 Å². The van der Waals surface area contributed by atoms with Crippen molar-refractivity contribution in [3.63, 3.8) is 0 Å². The SMILES string of the molecule is CCOc1cc(C=NNC(=O)C(=Cc2ccc(N(C)C)cc2)NC(=O)c2ccccc2)ccc1OC(=O)c1ccc(Br)cc1. The summed E-state index contributed by atoms with van der Waals surface area (Å²) in [5, 5.41) is 6.77. The van der Waals surface area contributed by atoms with Gasteiger partial charge >= 0.3 is 5.97 Å². The minimum atomic E-state index is -0.618. The zero-order valence-corrected chi connectivity index (χ0v) is 26.0. The van der Waals surface area contributed by atoms with Crippen LogP contribution >= 0.6 is 15.9 Å². The maximum Gasteiger partial charge on any atom is 0.343 e. The van der Waals surface area contributed by atoms with E-state index in [1.807, 2.05) is 50.2 Å². The zero-order chi connectivity index (χ0) is 31.5. The molecule has 0 bridgehead atoms. The van der Waals surface area contributed by atoms with Crippen LogP contribution in [0.1, 0.15) is 38.8 Å². The number of hydrogen-bond donors (Lipinski definition) is 2. The zero-order valence-electron chi connectivity index (χ0n) is 24.4. The first-order valence-corrected chi connectivity index (χ1v) is 14.5. The van der Waals surface area contributed by atoms with Crippen molar-refractivity contribution in [3.8, 4) is 11.5 Å². The Morgan fingerprint density at radius 1 is 0.841 bits per heavy atom. The number of ether oxygens (including phenoxy) is 2. The molecule has 0 fully saturated rings. The van der Waals surface area contributed by atoms with Crippen molar-refractivity contribution in [2.45, 2.75) is 6.92 Å². The van der Waals surface area contributed by atoms with Crippen LogP contribution in [0.15, 0.2) is 112 Å². The minimum Gasteiger partial charge on any atom is -0.490 e. The lowest BCUT2D eigenvalue weighted by atomic mass is 10.1. The van der Waals surface area contributed by atoms with Gasteiger partial charge in [0.1, 0.15) is 5.70 Å². The van der Waals surface area contributed by atoms with Crippen molar-refractivity contribution >= 4 is 51.7 Å². The van der Waals surface area contributed by atoms with E-state index in [4.69, 9.17) is 9.47 Å². The molecular weight excluding hydrogens is 624 g/mol. The second-order valence-corrected chi connectivity index (χ2v) is 10.5. The number of hydrogen-bond acceptors (Lipinski definition) is 7. The molecule has 9 nitrogen and oxygen atoms in total. The van der Waals surface area contributed by atoms with Gasteiger partial charge < -0.3 is 19.7 Å². The highest BCUT2D eigenvalue weighted by Gasteiger charge is 2.16. The molecule has 0 spiro atoms. The van der Waals surface area contributed by atoms with E-state index in [0.29, 0.717) is 34.6 Å². The summed E-state index contributed by atoms with van der Waals surface area (Å²) in [6.07, 6.45) is 3.00. The monoisotopic (exact) mass is 654 g/mol. The molecule has 4 aromatic rings. The van der Waals surface area contributed by atoms with E-state index in [2.05, 4.69) is 31.8 Å². The van der Waals surface area contributed by atoms with Crippen LogP contribution in [0.5, 0.6) is 11.5 Å². The van der Waals surface area contributed by atoms with Crippen molar-refractivity contribution in [2.24, 2.45) is 5.10 Å². The molecule has 0 atom stereocenters. The number of nitrogens with one attached hydrogen (secondary N) is 2. The molecule has 0 aliphatic heterocycles. The van der Waals surface area contributed by atoms with Crippen molar-refractivity contribution in [2.75, 3.05) is 25.6 Å². The second-order valence-electron chi connectivity index (χ2n) is 9.60. The number of carbonyl (C=O) groups excluding carboxylic acids is 3. The molecule has 44 heavy (non-hydrogen) atoms. The second kappa shape index (κ2) is 15.3. The van der Waals surface area contributed by atoms with Crippen LogP contribution in [0.2, 0.25) is 0 Å². The summed E-state index contributed by atoms with van der Waals surface area (Å²) in [5.74, 6) is -0.997. The Labute approximate surface area is 264 Å². The van der Waals surface area contributed by atoms with Crippen molar-refractivity contribution < 1.29 is 23.9 Å². The van der Waals surface area contributed by atoms with Gasteiger partial charge in [0.25, 0.3) is 11.8 Å². The number of anilines is 1. The van der Waals surface area contributed by atoms with Gasteiger partial charge in [0, 0.05) is 29.8 Å². The first-order valence-electron chi connectivity index (χ1n) is 13.7. The third-order valence-electron chi connectivity index (χ3n) is 6.18. The quantitative estimate of drug-likeness (QED) is 0.0670. The molecule has 0 aromatic heterocycles. The average Bonchev–Trinajstić information content (AvgIpc) is 3.03. The topological polar surface area (TPSA) is 109 Å². The number of esters is 1. The third kappa shape index (κ3) is 8.89. The van der Waals surface area contributed by atoms with Gasteiger partial charge in [-0.05, 0) is 90.9 Å². The van der Waals surface area contributed by atoms with E-state index in [0.717, 1.165) is 10.2 Å². The molecule has 2 amide bonds. The van der Waals surface area contributed by atoms with Gasteiger partial charge in [0.2, 0.25) is 0 Å². The lowest BCUT2D eigenvalue weighted by molar-refractivity contribution is -0.117. The summed E-state index contributed by atoms with van der Waals surface area (Å²) in [5.41, 5.74) is 5.57. The van der Waals surface area contributed by atoms with Crippen molar-refractivity contribution in [3.05, 3.63) is 129 Å². The lowest BCUT2D eigenvalue weighted by Gasteiger charge is -2.13. The number of rotatable bonds is 11. The predicted octanol–water partition coefficient (Wildman–Crippen LogP) is 6.05. The van der Waals surface area contributed by atoms with E-state index < -0.39 is 17.8 Å². The van der Waals surface area contributed by atoms with Gasteiger partial charge in [-0.1, -0.05) is 46.3 Å². The van der Waals surface area contributed by atoms with Gasteiger partial charge in [0.05, 0.1) is 18.4 Å². The van der Waals surface area contributed by atoms with E-state index in [1.54, 1.807) is 78.9 Å². The Morgan fingerprint density at radius 2 is 1.52 bits per heavy atom. The highest BCUT2D eigenvalue weighted by molar-refractivity contribution is 9.10. The van der Waals surface area contributed by atoms with Gasteiger partial charge in [0.15, 0.2) is 11.5 Å². The molecule has 0 heterocycles. The number of carbonyl (C=O) groups is 3. The number of halogens is 1. The molecule has 0 radical (unpaired) electrons. The van der Waals surface area contributed by atoms with Crippen LogP contribution in [-0.4, -0.2) is 44.7 Å². The van der Waals surface area contributed by atoms with Crippen LogP contribution < -0.4 is 25.1 Å². The molecule has 224 valence electrons. The molecule has 0 aliphatic carbocycles. The minimum absolute atomic E-state index is 0.0128. The summed E-state index contributed by atoms with van der Waals surface area (Å²) in [4.78, 5) is 40.6. The fourth-order valence-corrected chi connectivity index (χ4v) is 4.17. The Hall–Kier alpha value is -5.22. The van der Waals surface area contributed by atoms with E-state index >= 15 is 0 Å². The average molecular weight is 656 g/mol. The van der Waals surface area contributed by atoms with Crippen LogP contribution in [0.4, 0.5) is 5.69 Å². The molecule has 0 saturated heterocycles. The Balaban J connectivity index is 1.50. The smallest absolute Gasteiger partial charge is 0.343 e. The molecule has 0 aliphatic rings. The highest BCUT2D eigenvalue weighted by Crippen LogP contribution is 2.29. The molecule has 0 unspecified atom stereocenters. The number of nitrogens with zero attached hydrogens (tertiary/aromatic N) is 2. The summed E-state index contributed by atoms with van der Waals surface area (Å²) in [6, 6.07) is 27.8. The van der Waals surface area contributed by atoms with Gasteiger partial charge in [-0.25, -0.2) is 10.2 Å². The fourth-order valence-electron chi connectivity index (χ4n) is 3.91. The van der Waals surface area contributed by atoms with E-state index in [-0.39, 0.29) is 11.4 Å². The molecule has 4 aromatic carbocycles. The standard InChI is InChI=1S/C34H31BrN4O5/c1-4-43-31-21-24(12-19-30(31)44-34(42)26-13-15-27(35)16-14-26)22-36-38-33(41)29(37-32(40)25-8-6-5-7-9-25)20-23-10-17-28(18-11-23)39(2)3/h5-22H,4H2,1-3H3,(H,37,40)(H,38,41). The summed E-state index contributed by atoms with van der Waals surface area (Å²) >= 11 is 3.35. The molecular formula is C34H31BrN4O5. The molecule has 2 N–H and O–H groups in total. The third-order valence-corrected chi connectivity index (χ3v) is 6.71. The van der Waals surface area contributed by atoms with Crippen LogP contribution in [0.25, 0.3) is 6.08 Å². The molecule has 4 rings (SSSR count). The summed E-state index contributed by atoms with van der Waals surface area (Å²) in [7, 11) is 3.87. The van der Waals surface area contributed by atoms with E-state index in [9.17, 15) is 14.4 Å². The van der Waals surface area contributed by atoms with Crippen LogP contribution in [-0.2, 0) is 4.79 Å². The number of hydrazone groups is 1. The normalized spacial score (nSPS) is 11.1. The first kappa shape index (κ1) is 31.7. The highest BCUT2D eigenvalue weighted by atomic mass is 79.9. The maximum atomic E-state index is 13.2. The van der Waals surface area contributed by atoms with Crippen LogP contribution in [0.3, 0.4) is 0 Å². The fraction of sp³-hybridized carbons (Fsp3) is 0.118. The maximum absolute atomic E-state index is 13.2. The first-order chi connectivity index (χ1) is 21.2. The Kier molecular flexibility index (Phi) is 11.0. The van der Waals surface area contributed by atoms with Crippen molar-refractivity contribution in [1.82, 2.24) is 10.7 Å². The molecule has 10 heteroatoms. The summed E-state index contributed by atoms with van der Waals surface area (Å²) in [6.45, 7) is 2.15. The Morgan fingerprint density at radius 3 is 2.18 bits per heavy atom. The Bertz CT molecular complexity index is 1670. The van der Waals surface area contributed by atoms with Gasteiger partial charge in [-0.15, -0.1) is 0 Å². The molecule has 0 saturated carbocycles. The van der Waals surface area contributed by atoms with Crippen LogP contribution in [0, 0.1) is 0 Å². The van der Waals surface area contributed by atoms with Crippen molar-refractivity contribution in [1.29, 1.82) is 0 Å².